The van der Waals surface area contributed by atoms with Gasteiger partial charge < -0.3 is 9.47 Å². The number of fused-ring (bicyclic) bond motifs is 2. The molecule has 1 aromatic carbocycles. The fourth-order valence-corrected chi connectivity index (χ4v) is 3.97. The van der Waals surface area contributed by atoms with E-state index >= 15 is 0 Å². The van der Waals surface area contributed by atoms with Gasteiger partial charge in [0.05, 0.1) is 19.0 Å². The predicted molar refractivity (Wildman–Crippen MR) is 66.1 cm³/mol. The van der Waals surface area contributed by atoms with Crippen LogP contribution in [0.15, 0.2) is 26.0 Å². The molecule has 3 rings (SSSR count). The fraction of sp³-hybridized carbons (Fsp3) is 0.400. The van der Waals surface area contributed by atoms with Gasteiger partial charge in [0.1, 0.15) is 0 Å². The molecule has 1 fully saturated rings. The molecule has 2 heterocycles. The minimum Gasteiger partial charge on any atom is -0.343 e. The van der Waals surface area contributed by atoms with Crippen molar-refractivity contribution in [1.29, 1.82) is 0 Å². The number of hydrogen-bond donors (Lipinski definition) is 0. The second-order valence-electron chi connectivity index (χ2n) is 3.50. The Morgan fingerprint density at radius 3 is 2.53 bits per heavy atom. The lowest BCUT2D eigenvalue weighted by Crippen LogP contribution is -2.26. The van der Waals surface area contributed by atoms with Gasteiger partial charge >= 0.3 is 0 Å². The zero-order valence-corrected chi connectivity index (χ0v) is 11.7. The summed E-state index contributed by atoms with van der Waals surface area (Å²) in [5.41, 5.74) is 1.15. The molecule has 0 amide bonds. The second-order valence-corrected chi connectivity index (χ2v) is 6.23. The number of rotatable bonds is 0. The van der Waals surface area contributed by atoms with Gasteiger partial charge in [0, 0.05) is 19.4 Å². The molecule has 0 N–H and O–H groups in total. The van der Waals surface area contributed by atoms with Gasteiger partial charge in [-0.2, -0.15) is 0 Å². The summed E-state index contributed by atoms with van der Waals surface area (Å²) in [6, 6.07) is 4.20. The van der Waals surface area contributed by atoms with E-state index in [1.165, 1.54) is 4.90 Å². The summed E-state index contributed by atoms with van der Waals surface area (Å²) in [5, 5.41) is 0. The van der Waals surface area contributed by atoms with E-state index in [9.17, 15) is 0 Å². The minimum absolute atomic E-state index is 0.483. The Hall–Kier alpha value is 0.450. The van der Waals surface area contributed by atoms with Gasteiger partial charge in [-0.1, -0.05) is 0 Å². The number of benzene rings is 1. The Bertz CT molecular complexity index is 416. The van der Waals surface area contributed by atoms with Crippen molar-refractivity contribution in [1.82, 2.24) is 0 Å². The average molecular weight is 352 g/mol. The minimum atomic E-state index is -0.483. The van der Waals surface area contributed by atoms with Crippen LogP contribution >= 0.6 is 43.6 Å². The fourth-order valence-electron chi connectivity index (χ4n) is 1.89. The van der Waals surface area contributed by atoms with Crippen LogP contribution in [0.2, 0.25) is 0 Å². The van der Waals surface area contributed by atoms with Gasteiger partial charge in [-0.25, -0.2) is 0 Å². The zero-order valence-electron chi connectivity index (χ0n) is 7.76. The van der Waals surface area contributed by atoms with E-state index < -0.39 is 5.79 Å². The maximum absolute atomic E-state index is 5.74. The first-order valence-electron chi connectivity index (χ1n) is 4.61. The summed E-state index contributed by atoms with van der Waals surface area (Å²) < 4.78 is 13.6. The summed E-state index contributed by atoms with van der Waals surface area (Å²) in [6.45, 7) is 1.38. The normalized spacial score (nSPS) is 22.3. The van der Waals surface area contributed by atoms with Crippen molar-refractivity contribution >= 4 is 43.6 Å². The van der Waals surface area contributed by atoms with Crippen molar-refractivity contribution in [3.05, 3.63) is 26.6 Å². The molecule has 0 atom stereocenters. The Kier molecular flexibility index (Phi) is 2.64. The van der Waals surface area contributed by atoms with Crippen LogP contribution in [0, 0.1) is 0 Å². The summed E-state index contributed by atoms with van der Waals surface area (Å²) in [6.07, 6.45) is 0. The molecule has 2 aliphatic heterocycles. The first-order valence-corrected chi connectivity index (χ1v) is 7.19. The van der Waals surface area contributed by atoms with Crippen molar-refractivity contribution in [2.75, 3.05) is 19.0 Å². The Morgan fingerprint density at radius 1 is 1.13 bits per heavy atom. The Morgan fingerprint density at radius 2 is 1.80 bits per heavy atom. The Labute approximate surface area is 109 Å². The van der Waals surface area contributed by atoms with Gasteiger partial charge in [0.25, 0.3) is 0 Å². The molecule has 2 aliphatic rings. The maximum Gasteiger partial charge on any atom is 0.205 e. The monoisotopic (exact) mass is 350 g/mol. The third kappa shape index (κ3) is 1.60. The average Bonchev–Trinajstić information content (AvgIpc) is 2.80. The van der Waals surface area contributed by atoms with Crippen LogP contribution in [0.3, 0.4) is 0 Å². The molecule has 0 aromatic heterocycles. The molecule has 2 nitrogen and oxygen atoms in total. The highest BCUT2D eigenvalue weighted by atomic mass is 79.9. The summed E-state index contributed by atoms with van der Waals surface area (Å²) in [7, 11) is 0. The smallest absolute Gasteiger partial charge is 0.205 e. The van der Waals surface area contributed by atoms with Crippen LogP contribution in [0.5, 0.6) is 0 Å². The standard InChI is InChI=1S/C10H8Br2O2S/c11-7-3-6-9(4-8(7)12)15-5-10(6)13-1-2-14-10/h3-4H,1-2,5H2. The maximum atomic E-state index is 5.74. The van der Waals surface area contributed by atoms with Crippen molar-refractivity contribution in [3.63, 3.8) is 0 Å². The van der Waals surface area contributed by atoms with Gasteiger partial charge in [-0.05, 0) is 44.0 Å². The molecular weight excluding hydrogens is 344 g/mol. The largest absolute Gasteiger partial charge is 0.343 e. The van der Waals surface area contributed by atoms with Crippen molar-refractivity contribution in [3.8, 4) is 0 Å². The first-order chi connectivity index (χ1) is 7.21. The van der Waals surface area contributed by atoms with E-state index in [4.69, 9.17) is 9.47 Å². The van der Waals surface area contributed by atoms with E-state index in [1.54, 1.807) is 11.8 Å². The van der Waals surface area contributed by atoms with Gasteiger partial charge in [-0.3, -0.25) is 0 Å². The molecule has 0 aliphatic carbocycles. The first kappa shape index (κ1) is 10.6. The van der Waals surface area contributed by atoms with E-state index in [-0.39, 0.29) is 0 Å². The molecule has 1 spiro atoms. The molecule has 80 valence electrons. The molecule has 0 bridgehead atoms. The highest BCUT2D eigenvalue weighted by molar-refractivity contribution is 9.13. The summed E-state index contributed by atoms with van der Waals surface area (Å²) in [4.78, 5) is 1.24. The molecule has 1 aromatic rings. The van der Waals surface area contributed by atoms with Crippen molar-refractivity contribution < 1.29 is 9.47 Å². The molecule has 0 unspecified atom stereocenters. The lowest BCUT2D eigenvalue weighted by molar-refractivity contribution is -0.144. The van der Waals surface area contributed by atoms with E-state index in [1.807, 2.05) is 0 Å². The molecule has 1 saturated heterocycles. The zero-order chi connectivity index (χ0) is 10.5. The molecule has 15 heavy (non-hydrogen) atoms. The third-order valence-electron chi connectivity index (χ3n) is 2.60. The number of hydrogen-bond acceptors (Lipinski definition) is 3. The van der Waals surface area contributed by atoms with Crippen LogP contribution < -0.4 is 0 Å². The molecule has 0 radical (unpaired) electrons. The lowest BCUT2D eigenvalue weighted by Gasteiger charge is -2.22. The Balaban J connectivity index is 2.13. The van der Waals surface area contributed by atoms with E-state index in [2.05, 4.69) is 44.0 Å². The van der Waals surface area contributed by atoms with Crippen LogP contribution in [-0.4, -0.2) is 19.0 Å². The van der Waals surface area contributed by atoms with E-state index in [0.717, 1.165) is 20.3 Å². The van der Waals surface area contributed by atoms with Gasteiger partial charge in [-0.15, -0.1) is 11.8 Å². The van der Waals surface area contributed by atoms with Crippen LogP contribution in [-0.2, 0) is 15.3 Å². The number of thioether (sulfide) groups is 1. The highest BCUT2D eigenvalue weighted by Gasteiger charge is 2.45. The van der Waals surface area contributed by atoms with E-state index in [0.29, 0.717) is 13.2 Å². The molecular formula is C10H8Br2O2S. The van der Waals surface area contributed by atoms with Crippen LogP contribution in [0.4, 0.5) is 0 Å². The van der Waals surface area contributed by atoms with Crippen molar-refractivity contribution in [2.45, 2.75) is 10.7 Å². The summed E-state index contributed by atoms with van der Waals surface area (Å²) in [5.74, 6) is 0.369. The quantitative estimate of drug-likeness (QED) is 0.712. The predicted octanol–water partition coefficient (Wildman–Crippen LogP) is 3.52. The highest BCUT2D eigenvalue weighted by Crippen LogP contribution is 2.49. The van der Waals surface area contributed by atoms with Gasteiger partial charge in [0.15, 0.2) is 0 Å². The third-order valence-corrected chi connectivity index (χ3v) is 5.62. The number of ether oxygens (including phenoxy) is 2. The van der Waals surface area contributed by atoms with Crippen molar-refractivity contribution in [2.24, 2.45) is 0 Å². The number of halogens is 2. The topological polar surface area (TPSA) is 18.5 Å². The second kappa shape index (κ2) is 3.74. The molecule has 0 saturated carbocycles. The lowest BCUT2D eigenvalue weighted by atomic mass is 10.1. The van der Waals surface area contributed by atoms with Crippen LogP contribution in [0.1, 0.15) is 5.56 Å². The summed E-state index contributed by atoms with van der Waals surface area (Å²) >= 11 is 8.80. The molecule has 5 heteroatoms. The SMILES string of the molecule is Brc1cc2c(cc1Br)C1(CS2)OCCO1. The van der Waals surface area contributed by atoms with Crippen LogP contribution in [0.25, 0.3) is 0 Å². The van der Waals surface area contributed by atoms with Gasteiger partial charge in [0.2, 0.25) is 5.79 Å².